The first-order chi connectivity index (χ1) is 15.5. The zero-order chi connectivity index (χ0) is 22.2. The quantitative estimate of drug-likeness (QED) is 0.247. The molecular weight excluding hydrogens is 572 g/mol. The number of halogens is 2. The number of benzene rings is 2. The summed E-state index contributed by atoms with van der Waals surface area (Å²) in [5.74, 6) is -0.0284. The van der Waals surface area contributed by atoms with Gasteiger partial charge in [-0.2, -0.15) is 0 Å². The molecule has 0 bridgehead atoms. The topological polar surface area (TPSA) is 34.5 Å². The summed E-state index contributed by atoms with van der Waals surface area (Å²) in [5.41, 5.74) is 3.34. The molecule has 0 N–H and O–H groups in total. The van der Waals surface area contributed by atoms with Gasteiger partial charge in [-0.05, 0) is 54.8 Å². The molecule has 2 aliphatic heterocycles. The first-order valence-electron chi connectivity index (χ1n) is 10.4. The molecule has 2 aliphatic rings. The van der Waals surface area contributed by atoms with Gasteiger partial charge in [0.1, 0.15) is 4.32 Å². The van der Waals surface area contributed by atoms with Gasteiger partial charge in [-0.3, -0.25) is 9.69 Å². The van der Waals surface area contributed by atoms with Crippen molar-refractivity contribution >= 4 is 83.0 Å². The highest BCUT2D eigenvalue weighted by atomic mass is 79.9. The van der Waals surface area contributed by atoms with E-state index in [4.69, 9.17) is 17.0 Å². The van der Waals surface area contributed by atoms with Gasteiger partial charge in [-0.1, -0.05) is 68.0 Å². The highest BCUT2D eigenvalue weighted by molar-refractivity contribution is 9.10. The number of ether oxygens (including phenoxy) is 1. The van der Waals surface area contributed by atoms with Crippen molar-refractivity contribution in [2.75, 3.05) is 13.2 Å². The number of thioether (sulfide) groups is 1. The summed E-state index contributed by atoms with van der Waals surface area (Å²) in [5, 5.41) is 1.10. The average molecular weight is 592 g/mol. The molecule has 8 heteroatoms. The van der Waals surface area contributed by atoms with E-state index in [2.05, 4.69) is 79.0 Å². The molecule has 0 radical (unpaired) electrons. The number of aromatic nitrogens is 1. The van der Waals surface area contributed by atoms with E-state index in [0.717, 1.165) is 51.4 Å². The standard InChI is InChI=1S/C24H20Br2N2O2S2/c25-17-5-3-15(4-6-17)12-27-13-16(20-11-18(26)7-8-21(20)27)10-22-23(29)28(24(31)32-22)14-19-2-1-9-30-19/h3-8,10-11,13,19H,1-2,9,12,14H2/b22-10-/t19-/m0/s1. The van der Waals surface area contributed by atoms with Crippen molar-refractivity contribution in [1.82, 2.24) is 9.47 Å². The molecular formula is C24H20Br2N2O2S2. The smallest absolute Gasteiger partial charge is 0.266 e. The molecule has 1 amide bonds. The van der Waals surface area contributed by atoms with Crippen LogP contribution in [0, 0.1) is 0 Å². The van der Waals surface area contributed by atoms with Crippen LogP contribution in [0.1, 0.15) is 24.0 Å². The second-order valence-electron chi connectivity index (χ2n) is 7.93. The lowest BCUT2D eigenvalue weighted by Crippen LogP contribution is -2.35. The minimum Gasteiger partial charge on any atom is -0.376 e. The van der Waals surface area contributed by atoms with Crippen LogP contribution in [0.15, 0.2) is 62.5 Å². The van der Waals surface area contributed by atoms with Crippen LogP contribution in [-0.2, 0) is 16.1 Å². The second kappa shape index (κ2) is 9.43. The molecule has 2 saturated heterocycles. The van der Waals surface area contributed by atoms with Gasteiger partial charge in [-0.15, -0.1) is 0 Å². The summed E-state index contributed by atoms with van der Waals surface area (Å²) >= 11 is 14.0. The number of amides is 1. The molecule has 2 aromatic carbocycles. The molecule has 0 saturated carbocycles. The summed E-state index contributed by atoms with van der Waals surface area (Å²) in [6.07, 6.45) is 6.20. The van der Waals surface area contributed by atoms with E-state index in [9.17, 15) is 4.79 Å². The lowest BCUT2D eigenvalue weighted by atomic mass is 10.1. The summed E-state index contributed by atoms with van der Waals surface area (Å²) < 4.78 is 10.6. The van der Waals surface area contributed by atoms with Gasteiger partial charge >= 0.3 is 0 Å². The first kappa shape index (κ1) is 22.3. The van der Waals surface area contributed by atoms with Gasteiger partial charge in [0.05, 0.1) is 17.6 Å². The van der Waals surface area contributed by atoms with Crippen molar-refractivity contribution in [2.24, 2.45) is 0 Å². The summed E-state index contributed by atoms with van der Waals surface area (Å²) in [6.45, 7) is 2.06. The fourth-order valence-corrected chi connectivity index (χ4v) is 6.01. The molecule has 3 heterocycles. The Bertz CT molecular complexity index is 1230. The Morgan fingerprint density at radius 1 is 1.16 bits per heavy atom. The molecule has 5 rings (SSSR count). The zero-order valence-corrected chi connectivity index (χ0v) is 21.9. The van der Waals surface area contributed by atoms with E-state index in [-0.39, 0.29) is 12.0 Å². The molecule has 4 nitrogen and oxygen atoms in total. The number of thiocarbonyl (C=S) groups is 1. The Kier molecular flexibility index (Phi) is 6.58. The predicted octanol–water partition coefficient (Wildman–Crippen LogP) is 6.59. The highest BCUT2D eigenvalue weighted by Gasteiger charge is 2.34. The molecule has 1 aromatic heterocycles. The van der Waals surface area contributed by atoms with E-state index in [1.54, 1.807) is 4.90 Å². The largest absolute Gasteiger partial charge is 0.376 e. The minimum atomic E-state index is -0.0284. The van der Waals surface area contributed by atoms with E-state index in [1.807, 2.05) is 12.1 Å². The summed E-state index contributed by atoms with van der Waals surface area (Å²) in [4.78, 5) is 15.5. The normalized spacial score (nSPS) is 20.2. The van der Waals surface area contributed by atoms with Crippen LogP contribution in [0.4, 0.5) is 0 Å². The molecule has 32 heavy (non-hydrogen) atoms. The number of nitrogens with zero attached hydrogens (tertiary/aromatic N) is 2. The number of rotatable bonds is 5. The maximum atomic E-state index is 13.1. The van der Waals surface area contributed by atoms with Crippen LogP contribution in [0.25, 0.3) is 17.0 Å². The van der Waals surface area contributed by atoms with Crippen molar-refractivity contribution < 1.29 is 9.53 Å². The Labute approximate surface area is 213 Å². The lowest BCUT2D eigenvalue weighted by molar-refractivity contribution is -0.123. The van der Waals surface area contributed by atoms with E-state index in [1.165, 1.54) is 17.3 Å². The first-order valence-corrected chi connectivity index (χ1v) is 13.2. The number of hydrogen-bond acceptors (Lipinski definition) is 4. The van der Waals surface area contributed by atoms with Crippen molar-refractivity contribution in [2.45, 2.75) is 25.5 Å². The SMILES string of the molecule is O=C1/C(=C/c2cn(Cc3ccc(Br)cc3)c3ccc(Br)cc23)SC(=S)N1C[C@@H]1CCCO1. The van der Waals surface area contributed by atoms with Crippen molar-refractivity contribution in [3.8, 4) is 0 Å². The predicted molar refractivity (Wildman–Crippen MR) is 142 cm³/mol. The van der Waals surface area contributed by atoms with E-state index < -0.39 is 0 Å². The fraction of sp³-hybridized carbons (Fsp3) is 0.250. The third-order valence-corrected chi connectivity index (χ3v) is 8.11. The Morgan fingerprint density at radius 3 is 2.69 bits per heavy atom. The van der Waals surface area contributed by atoms with Crippen LogP contribution in [0.2, 0.25) is 0 Å². The lowest BCUT2D eigenvalue weighted by Gasteiger charge is -2.18. The molecule has 0 spiro atoms. The highest BCUT2D eigenvalue weighted by Crippen LogP contribution is 2.36. The zero-order valence-electron chi connectivity index (χ0n) is 17.1. The van der Waals surface area contributed by atoms with Gasteiger partial charge in [0.15, 0.2) is 0 Å². The average Bonchev–Trinajstić information content (AvgIpc) is 3.46. The van der Waals surface area contributed by atoms with E-state index in [0.29, 0.717) is 15.8 Å². The third kappa shape index (κ3) is 4.61. The number of hydrogen-bond donors (Lipinski definition) is 0. The molecule has 0 aliphatic carbocycles. The summed E-state index contributed by atoms with van der Waals surface area (Å²) in [7, 11) is 0. The molecule has 2 fully saturated rings. The molecule has 3 aromatic rings. The van der Waals surface area contributed by atoms with Crippen LogP contribution in [-0.4, -0.2) is 39.0 Å². The Hall–Kier alpha value is -1.45. The molecule has 164 valence electrons. The minimum absolute atomic E-state index is 0.0284. The second-order valence-corrected chi connectivity index (χ2v) is 11.4. The molecule has 1 atom stereocenters. The maximum Gasteiger partial charge on any atom is 0.266 e. The van der Waals surface area contributed by atoms with Gasteiger partial charge in [0, 0.05) is 44.8 Å². The number of carbonyl (C=O) groups is 1. The van der Waals surface area contributed by atoms with Gasteiger partial charge in [0.25, 0.3) is 5.91 Å². The Balaban J connectivity index is 1.47. The van der Waals surface area contributed by atoms with E-state index >= 15 is 0 Å². The van der Waals surface area contributed by atoms with Crippen molar-refractivity contribution in [3.05, 3.63) is 73.6 Å². The van der Waals surface area contributed by atoms with Crippen molar-refractivity contribution in [3.63, 3.8) is 0 Å². The van der Waals surface area contributed by atoms with Crippen LogP contribution >= 0.6 is 55.8 Å². The summed E-state index contributed by atoms with van der Waals surface area (Å²) in [6, 6.07) is 14.6. The monoisotopic (exact) mass is 590 g/mol. The van der Waals surface area contributed by atoms with Gasteiger partial charge in [0.2, 0.25) is 0 Å². The number of fused-ring (bicyclic) bond motifs is 1. The number of carbonyl (C=O) groups excluding carboxylic acids is 1. The molecule has 0 unspecified atom stereocenters. The van der Waals surface area contributed by atoms with Crippen LogP contribution in [0.3, 0.4) is 0 Å². The van der Waals surface area contributed by atoms with Crippen LogP contribution in [0.5, 0.6) is 0 Å². The third-order valence-electron chi connectivity index (χ3n) is 5.71. The van der Waals surface area contributed by atoms with Crippen LogP contribution < -0.4 is 0 Å². The van der Waals surface area contributed by atoms with Crippen molar-refractivity contribution in [1.29, 1.82) is 0 Å². The maximum absolute atomic E-state index is 13.1. The van der Waals surface area contributed by atoms with Gasteiger partial charge < -0.3 is 9.30 Å². The Morgan fingerprint density at radius 2 is 1.94 bits per heavy atom. The fourth-order valence-electron chi connectivity index (χ4n) is 4.12. The van der Waals surface area contributed by atoms with Gasteiger partial charge in [-0.25, -0.2) is 0 Å².